The van der Waals surface area contributed by atoms with Crippen LogP contribution < -0.4 is 5.32 Å². The lowest BCUT2D eigenvalue weighted by atomic mass is 9.87. The molecule has 0 bridgehead atoms. The molecule has 1 aliphatic heterocycles. The highest BCUT2D eigenvalue weighted by molar-refractivity contribution is 7.91. The fraction of sp³-hybridized carbons (Fsp3) is 0.588. The van der Waals surface area contributed by atoms with E-state index in [2.05, 4.69) is 26.1 Å². The predicted molar refractivity (Wildman–Crippen MR) is 89.2 cm³/mol. The molecule has 0 spiro atoms. The second-order valence-electron chi connectivity index (χ2n) is 6.89. The monoisotopic (exact) mass is 339 g/mol. The lowest BCUT2D eigenvalue weighted by Gasteiger charge is -2.19. The number of rotatable bonds is 5. The Balaban J connectivity index is 1.92. The maximum absolute atomic E-state index is 12.3. The zero-order valence-electron chi connectivity index (χ0n) is 14.0. The Morgan fingerprint density at radius 3 is 2.43 bits per heavy atom. The summed E-state index contributed by atoms with van der Waals surface area (Å²) in [5.74, 6) is -0.332. The van der Waals surface area contributed by atoms with Crippen LogP contribution in [0, 0.1) is 0 Å². The van der Waals surface area contributed by atoms with Crippen LogP contribution in [0.3, 0.4) is 0 Å². The number of carbonyl (C=O) groups excluding carboxylic acids is 1. The van der Waals surface area contributed by atoms with Gasteiger partial charge in [0.05, 0.1) is 10.6 Å². The van der Waals surface area contributed by atoms with Crippen LogP contribution in [0.1, 0.15) is 39.2 Å². The minimum atomic E-state index is -3.40. The Hall–Kier alpha value is -1.40. The van der Waals surface area contributed by atoms with E-state index in [0.717, 1.165) is 12.0 Å². The zero-order chi connectivity index (χ0) is 17.1. The van der Waals surface area contributed by atoms with Crippen LogP contribution >= 0.6 is 0 Å². The number of benzene rings is 1. The van der Waals surface area contributed by atoms with Crippen molar-refractivity contribution in [1.82, 2.24) is 5.32 Å². The summed E-state index contributed by atoms with van der Waals surface area (Å²) in [6.45, 7) is 6.93. The highest BCUT2D eigenvalue weighted by atomic mass is 32.2. The smallest absolute Gasteiger partial charge is 0.249 e. The van der Waals surface area contributed by atoms with Gasteiger partial charge in [-0.25, -0.2) is 8.42 Å². The molecule has 1 aromatic carbocycles. The Kier molecular flexibility index (Phi) is 5.47. The topological polar surface area (TPSA) is 72.5 Å². The van der Waals surface area contributed by atoms with Crippen LogP contribution in [0.4, 0.5) is 0 Å². The molecular formula is C17H25NO4S. The van der Waals surface area contributed by atoms with Gasteiger partial charge in [-0.15, -0.1) is 0 Å². The SMILES string of the molecule is CC(C)(C)c1ccc(S(=O)(=O)CCNC(=O)[C@@H]2CCCO2)cc1. The van der Waals surface area contributed by atoms with E-state index in [1.165, 1.54) is 0 Å². The highest BCUT2D eigenvalue weighted by Gasteiger charge is 2.24. The summed E-state index contributed by atoms with van der Waals surface area (Å²) in [7, 11) is -3.40. The molecule has 23 heavy (non-hydrogen) atoms. The van der Waals surface area contributed by atoms with E-state index >= 15 is 0 Å². The lowest BCUT2D eigenvalue weighted by Crippen LogP contribution is -2.36. The highest BCUT2D eigenvalue weighted by Crippen LogP contribution is 2.23. The van der Waals surface area contributed by atoms with Gasteiger partial charge in [0, 0.05) is 13.2 Å². The number of carbonyl (C=O) groups is 1. The molecule has 0 aromatic heterocycles. The number of hydrogen-bond donors (Lipinski definition) is 1. The molecule has 0 radical (unpaired) electrons. The largest absolute Gasteiger partial charge is 0.368 e. The van der Waals surface area contributed by atoms with Crippen molar-refractivity contribution in [2.75, 3.05) is 18.9 Å². The summed E-state index contributed by atoms with van der Waals surface area (Å²) in [6.07, 6.45) is 1.15. The molecule has 5 nitrogen and oxygen atoms in total. The number of hydrogen-bond acceptors (Lipinski definition) is 4. The Labute approximate surface area is 138 Å². The maximum atomic E-state index is 12.3. The first-order valence-corrected chi connectivity index (χ1v) is 9.58. The summed E-state index contributed by atoms with van der Waals surface area (Å²) >= 11 is 0. The van der Waals surface area contributed by atoms with E-state index in [-0.39, 0.29) is 28.5 Å². The molecule has 6 heteroatoms. The fourth-order valence-corrected chi connectivity index (χ4v) is 3.64. The summed E-state index contributed by atoms with van der Waals surface area (Å²) in [5.41, 5.74) is 1.07. The van der Waals surface area contributed by atoms with E-state index in [1.54, 1.807) is 12.1 Å². The first-order chi connectivity index (χ1) is 10.7. The molecule has 1 saturated heterocycles. The quantitative estimate of drug-likeness (QED) is 0.891. The van der Waals surface area contributed by atoms with E-state index < -0.39 is 15.9 Å². The number of nitrogens with one attached hydrogen (secondary N) is 1. The molecule has 0 aliphatic carbocycles. The summed E-state index contributed by atoms with van der Waals surface area (Å²) < 4.78 is 29.9. The first-order valence-electron chi connectivity index (χ1n) is 7.93. The average molecular weight is 339 g/mol. The molecular weight excluding hydrogens is 314 g/mol. The van der Waals surface area contributed by atoms with Gasteiger partial charge in [-0.2, -0.15) is 0 Å². The third-order valence-corrected chi connectivity index (χ3v) is 5.70. The molecule has 1 N–H and O–H groups in total. The van der Waals surface area contributed by atoms with Crippen LogP contribution in [0.5, 0.6) is 0 Å². The first kappa shape index (κ1) is 17.9. The molecule has 128 valence electrons. The minimum absolute atomic E-state index is 0.0163. The van der Waals surface area contributed by atoms with Gasteiger partial charge in [-0.1, -0.05) is 32.9 Å². The molecule has 1 amide bonds. The molecule has 1 heterocycles. The van der Waals surface area contributed by atoms with E-state index in [4.69, 9.17) is 4.74 Å². The molecule has 2 rings (SSSR count). The van der Waals surface area contributed by atoms with Gasteiger partial charge < -0.3 is 10.1 Å². The van der Waals surface area contributed by atoms with Crippen molar-refractivity contribution in [3.8, 4) is 0 Å². The standard InChI is InChI=1S/C17H25NO4S/c1-17(2,3)13-6-8-14(9-7-13)23(20,21)12-10-18-16(19)15-5-4-11-22-15/h6-9,15H,4-5,10-12H2,1-3H3,(H,18,19)/t15-/m0/s1. The van der Waals surface area contributed by atoms with Crippen molar-refractivity contribution in [3.63, 3.8) is 0 Å². The van der Waals surface area contributed by atoms with Crippen molar-refractivity contribution < 1.29 is 17.9 Å². The number of ether oxygens (including phenoxy) is 1. The Bertz CT molecular complexity index is 638. The molecule has 0 unspecified atom stereocenters. The molecule has 1 atom stereocenters. The second-order valence-corrected chi connectivity index (χ2v) is 9.00. The van der Waals surface area contributed by atoms with E-state index in [1.807, 2.05) is 12.1 Å². The Morgan fingerprint density at radius 2 is 1.91 bits per heavy atom. The third-order valence-electron chi connectivity index (χ3n) is 3.97. The van der Waals surface area contributed by atoms with Gasteiger partial charge >= 0.3 is 0 Å². The third kappa shape index (κ3) is 4.78. The Morgan fingerprint density at radius 1 is 1.26 bits per heavy atom. The van der Waals surface area contributed by atoms with E-state index in [0.29, 0.717) is 13.0 Å². The number of amides is 1. The van der Waals surface area contributed by atoms with Crippen molar-refractivity contribution in [1.29, 1.82) is 0 Å². The van der Waals surface area contributed by atoms with Crippen LogP contribution in [0.15, 0.2) is 29.2 Å². The molecule has 1 aliphatic rings. The maximum Gasteiger partial charge on any atom is 0.249 e. The summed E-state index contributed by atoms with van der Waals surface area (Å²) in [4.78, 5) is 12.1. The summed E-state index contributed by atoms with van der Waals surface area (Å²) in [5, 5.41) is 2.64. The van der Waals surface area contributed by atoms with Gasteiger partial charge in [-0.3, -0.25) is 4.79 Å². The lowest BCUT2D eigenvalue weighted by molar-refractivity contribution is -0.129. The van der Waals surface area contributed by atoms with Crippen molar-refractivity contribution in [2.24, 2.45) is 0 Å². The van der Waals surface area contributed by atoms with Crippen molar-refractivity contribution in [3.05, 3.63) is 29.8 Å². The van der Waals surface area contributed by atoms with Crippen LogP contribution in [0.2, 0.25) is 0 Å². The molecule has 1 fully saturated rings. The molecule has 0 saturated carbocycles. The fourth-order valence-electron chi connectivity index (χ4n) is 2.49. The second kappa shape index (κ2) is 7.01. The minimum Gasteiger partial charge on any atom is -0.368 e. The van der Waals surface area contributed by atoms with Crippen LogP contribution in [-0.2, 0) is 24.8 Å². The van der Waals surface area contributed by atoms with Crippen molar-refractivity contribution in [2.45, 2.75) is 50.0 Å². The van der Waals surface area contributed by atoms with Gasteiger partial charge in [0.15, 0.2) is 9.84 Å². The normalized spacial score (nSPS) is 18.8. The van der Waals surface area contributed by atoms with Crippen molar-refractivity contribution >= 4 is 15.7 Å². The number of sulfone groups is 1. The zero-order valence-corrected chi connectivity index (χ0v) is 14.8. The van der Waals surface area contributed by atoms with Gasteiger partial charge in [-0.05, 0) is 36.0 Å². The average Bonchev–Trinajstić information content (AvgIpc) is 3.00. The van der Waals surface area contributed by atoms with Gasteiger partial charge in [0.25, 0.3) is 0 Å². The van der Waals surface area contributed by atoms with Crippen LogP contribution in [0.25, 0.3) is 0 Å². The predicted octanol–water partition coefficient (Wildman–Crippen LogP) is 2.05. The van der Waals surface area contributed by atoms with E-state index in [9.17, 15) is 13.2 Å². The molecule has 1 aromatic rings. The van der Waals surface area contributed by atoms with Gasteiger partial charge in [0.2, 0.25) is 5.91 Å². The van der Waals surface area contributed by atoms with Crippen LogP contribution in [-0.4, -0.2) is 39.3 Å². The van der Waals surface area contributed by atoms with Gasteiger partial charge in [0.1, 0.15) is 6.10 Å². The summed E-state index contributed by atoms with van der Waals surface area (Å²) in [6, 6.07) is 6.96.